The number of anilines is 1. The minimum absolute atomic E-state index is 0.131. The summed E-state index contributed by atoms with van der Waals surface area (Å²) in [6.45, 7) is 2.10. The number of aryl methyl sites for hydroxylation is 1. The van der Waals surface area contributed by atoms with Crippen LogP contribution in [0.25, 0.3) is 0 Å². The van der Waals surface area contributed by atoms with Crippen LogP contribution < -0.4 is 5.32 Å². The van der Waals surface area contributed by atoms with Crippen molar-refractivity contribution in [2.24, 2.45) is 0 Å². The molecule has 15 heavy (non-hydrogen) atoms. The maximum absolute atomic E-state index is 9.23. The second-order valence-corrected chi connectivity index (χ2v) is 4.17. The Morgan fingerprint density at radius 3 is 2.80 bits per heavy atom. The molecule has 0 atom stereocenters. The Morgan fingerprint density at radius 1 is 1.53 bits per heavy atom. The molecule has 3 heteroatoms. The van der Waals surface area contributed by atoms with Crippen molar-refractivity contribution in [2.75, 3.05) is 11.9 Å². The summed E-state index contributed by atoms with van der Waals surface area (Å²) in [7, 11) is 0. The van der Waals surface area contributed by atoms with Crippen molar-refractivity contribution in [2.45, 2.75) is 25.3 Å². The molecule has 0 saturated heterocycles. The molecule has 1 fully saturated rings. The normalized spacial score (nSPS) is 16.9. The van der Waals surface area contributed by atoms with Crippen molar-refractivity contribution in [3.8, 4) is 6.07 Å². The van der Waals surface area contributed by atoms with E-state index < -0.39 is 0 Å². The molecule has 0 heterocycles. The van der Waals surface area contributed by atoms with Gasteiger partial charge < -0.3 is 10.4 Å². The van der Waals surface area contributed by atoms with E-state index in [1.54, 1.807) is 6.07 Å². The van der Waals surface area contributed by atoms with Gasteiger partial charge >= 0.3 is 0 Å². The van der Waals surface area contributed by atoms with Crippen molar-refractivity contribution < 1.29 is 5.11 Å². The first kappa shape index (κ1) is 10.0. The van der Waals surface area contributed by atoms with Crippen molar-refractivity contribution in [1.82, 2.24) is 0 Å². The number of nitrogens with one attached hydrogen (secondary N) is 1. The summed E-state index contributed by atoms with van der Waals surface area (Å²) in [6.07, 6.45) is 1.95. The van der Waals surface area contributed by atoms with Crippen LogP contribution in [0, 0.1) is 18.3 Å². The first-order chi connectivity index (χ1) is 7.21. The Labute approximate surface area is 89.4 Å². The number of rotatable bonds is 3. The Hall–Kier alpha value is -1.53. The average molecular weight is 202 g/mol. The van der Waals surface area contributed by atoms with Crippen LogP contribution in [0.1, 0.15) is 24.0 Å². The van der Waals surface area contributed by atoms with E-state index in [0.717, 1.165) is 24.1 Å². The summed E-state index contributed by atoms with van der Waals surface area (Å²) in [5.41, 5.74) is 2.40. The zero-order valence-electron chi connectivity index (χ0n) is 8.75. The molecule has 2 N–H and O–H groups in total. The molecule has 0 bridgehead atoms. The summed E-state index contributed by atoms with van der Waals surface area (Å²) in [4.78, 5) is 0. The number of aliphatic hydroxyl groups is 1. The first-order valence-corrected chi connectivity index (χ1v) is 5.09. The third-order valence-corrected chi connectivity index (χ3v) is 2.94. The number of aliphatic hydroxyl groups excluding tert-OH is 1. The first-order valence-electron chi connectivity index (χ1n) is 5.09. The van der Waals surface area contributed by atoms with E-state index >= 15 is 0 Å². The smallest absolute Gasteiger partial charge is 0.101 e. The van der Waals surface area contributed by atoms with Gasteiger partial charge in [-0.2, -0.15) is 5.26 Å². The standard InChI is InChI=1S/C12H14N2O/c1-9-3-2-4-10(7-13)11(9)14-12(8-15)5-6-12/h2-4,14-15H,5-6,8H2,1H3. The minimum Gasteiger partial charge on any atom is -0.394 e. The molecule has 78 valence electrons. The van der Waals surface area contributed by atoms with Crippen molar-refractivity contribution in [1.29, 1.82) is 5.26 Å². The molecule has 1 aliphatic rings. The molecular weight excluding hydrogens is 188 g/mol. The molecule has 0 spiro atoms. The fourth-order valence-corrected chi connectivity index (χ4v) is 1.67. The fourth-order valence-electron chi connectivity index (χ4n) is 1.67. The van der Waals surface area contributed by atoms with Gasteiger partial charge in [0.2, 0.25) is 0 Å². The fraction of sp³-hybridized carbons (Fsp3) is 0.417. The van der Waals surface area contributed by atoms with Crippen molar-refractivity contribution in [3.63, 3.8) is 0 Å². The van der Waals surface area contributed by atoms with Gasteiger partial charge in [0.15, 0.2) is 0 Å². The largest absolute Gasteiger partial charge is 0.394 e. The number of hydrogen-bond donors (Lipinski definition) is 2. The second-order valence-electron chi connectivity index (χ2n) is 4.17. The van der Waals surface area contributed by atoms with Gasteiger partial charge in [-0.05, 0) is 31.4 Å². The topological polar surface area (TPSA) is 56.0 Å². The van der Waals surface area contributed by atoms with Crippen LogP contribution in [0.15, 0.2) is 18.2 Å². The number of para-hydroxylation sites is 1. The Morgan fingerprint density at radius 2 is 2.27 bits per heavy atom. The zero-order chi connectivity index (χ0) is 10.9. The highest BCUT2D eigenvalue weighted by atomic mass is 16.3. The molecule has 3 nitrogen and oxygen atoms in total. The molecule has 0 radical (unpaired) electrons. The number of nitriles is 1. The molecule has 1 aromatic rings. The van der Waals surface area contributed by atoms with Crippen LogP contribution in [0.2, 0.25) is 0 Å². The molecular formula is C12H14N2O. The molecule has 1 aliphatic carbocycles. The van der Waals surface area contributed by atoms with Crippen LogP contribution in [0.3, 0.4) is 0 Å². The summed E-state index contributed by atoms with van der Waals surface area (Å²) < 4.78 is 0. The van der Waals surface area contributed by atoms with Gasteiger partial charge in [0.1, 0.15) is 6.07 Å². The predicted molar refractivity (Wildman–Crippen MR) is 58.6 cm³/mol. The van der Waals surface area contributed by atoms with Crippen LogP contribution in [-0.2, 0) is 0 Å². The molecule has 2 rings (SSSR count). The molecule has 0 unspecified atom stereocenters. The van der Waals surface area contributed by atoms with Gasteiger partial charge in [-0.25, -0.2) is 0 Å². The highest BCUT2D eigenvalue weighted by molar-refractivity contribution is 5.64. The van der Waals surface area contributed by atoms with Gasteiger partial charge in [0, 0.05) is 0 Å². The highest BCUT2D eigenvalue weighted by Crippen LogP contribution is 2.39. The van der Waals surface area contributed by atoms with Crippen LogP contribution in [-0.4, -0.2) is 17.3 Å². The van der Waals surface area contributed by atoms with Crippen LogP contribution in [0.4, 0.5) is 5.69 Å². The van der Waals surface area contributed by atoms with E-state index in [9.17, 15) is 5.11 Å². The molecule has 1 aromatic carbocycles. The molecule has 0 aromatic heterocycles. The van der Waals surface area contributed by atoms with E-state index in [1.807, 2.05) is 19.1 Å². The molecule has 1 saturated carbocycles. The van der Waals surface area contributed by atoms with Gasteiger partial charge in [-0.3, -0.25) is 0 Å². The van der Waals surface area contributed by atoms with Gasteiger partial charge in [-0.15, -0.1) is 0 Å². The van der Waals surface area contributed by atoms with E-state index in [4.69, 9.17) is 5.26 Å². The predicted octanol–water partition coefficient (Wildman–Crippen LogP) is 1.80. The lowest BCUT2D eigenvalue weighted by atomic mass is 10.1. The van der Waals surface area contributed by atoms with Gasteiger partial charge in [0.25, 0.3) is 0 Å². The van der Waals surface area contributed by atoms with Crippen molar-refractivity contribution >= 4 is 5.69 Å². The lowest BCUT2D eigenvalue weighted by Gasteiger charge is -2.18. The lowest BCUT2D eigenvalue weighted by Crippen LogP contribution is -2.26. The number of hydrogen-bond acceptors (Lipinski definition) is 3. The lowest BCUT2D eigenvalue weighted by molar-refractivity contribution is 0.266. The van der Waals surface area contributed by atoms with Gasteiger partial charge in [-0.1, -0.05) is 12.1 Å². The van der Waals surface area contributed by atoms with E-state index in [2.05, 4.69) is 11.4 Å². The molecule has 0 amide bonds. The Kier molecular flexibility index (Phi) is 2.37. The van der Waals surface area contributed by atoms with E-state index in [0.29, 0.717) is 5.56 Å². The Bertz CT molecular complexity index is 416. The summed E-state index contributed by atoms with van der Waals surface area (Å²) in [6, 6.07) is 7.80. The SMILES string of the molecule is Cc1cccc(C#N)c1NC1(CO)CC1. The Balaban J connectivity index is 2.31. The molecule has 0 aliphatic heterocycles. The summed E-state index contributed by atoms with van der Waals surface area (Å²) >= 11 is 0. The van der Waals surface area contributed by atoms with Crippen LogP contribution in [0.5, 0.6) is 0 Å². The number of nitrogens with zero attached hydrogens (tertiary/aromatic N) is 1. The number of benzene rings is 1. The maximum atomic E-state index is 9.23. The monoisotopic (exact) mass is 202 g/mol. The minimum atomic E-state index is -0.169. The highest BCUT2D eigenvalue weighted by Gasteiger charge is 2.42. The van der Waals surface area contributed by atoms with Gasteiger partial charge in [0.05, 0.1) is 23.4 Å². The maximum Gasteiger partial charge on any atom is 0.101 e. The van der Waals surface area contributed by atoms with E-state index in [-0.39, 0.29) is 12.1 Å². The summed E-state index contributed by atoms with van der Waals surface area (Å²) in [5, 5.41) is 21.5. The third kappa shape index (κ3) is 1.81. The van der Waals surface area contributed by atoms with Crippen LogP contribution >= 0.6 is 0 Å². The zero-order valence-corrected chi connectivity index (χ0v) is 8.75. The van der Waals surface area contributed by atoms with E-state index in [1.165, 1.54) is 0 Å². The van der Waals surface area contributed by atoms with Crippen molar-refractivity contribution in [3.05, 3.63) is 29.3 Å². The quantitative estimate of drug-likeness (QED) is 0.785. The third-order valence-electron chi connectivity index (χ3n) is 2.94. The summed E-state index contributed by atoms with van der Waals surface area (Å²) in [5.74, 6) is 0. The average Bonchev–Trinajstić information content (AvgIpc) is 3.02. The second kappa shape index (κ2) is 3.56.